The maximum absolute atomic E-state index is 14.5. The second-order valence-electron chi connectivity index (χ2n) is 16.7. The number of rotatable bonds is 12. The molecule has 19 nitrogen and oxygen atoms in total. The minimum Gasteiger partial charge on any atom is -0.370 e. The second-order valence-corrected chi connectivity index (χ2v) is 16.7. The highest BCUT2D eigenvalue weighted by Gasteiger charge is 2.34. The maximum atomic E-state index is 14.5. The van der Waals surface area contributed by atoms with E-state index in [4.69, 9.17) is 11.5 Å². The fraction of sp³-hybridized carbons (Fsp3) is 0.447. The molecule has 0 saturated carbocycles. The molecule has 11 N–H and O–H groups in total. The molecule has 2 aromatic carbocycles. The predicted molar refractivity (Wildman–Crippen MR) is 249 cm³/mol. The van der Waals surface area contributed by atoms with Gasteiger partial charge in [0.05, 0.1) is 6.04 Å². The lowest BCUT2D eigenvalue weighted by molar-refractivity contribution is -0.135. The monoisotopic (exact) mass is 907 g/mol. The van der Waals surface area contributed by atoms with E-state index >= 15 is 0 Å². The zero-order valence-electron chi connectivity index (χ0n) is 37.4. The van der Waals surface area contributed by atoms with Crippen molar-refractivity contribution in [1.82, 2.24) is 36.9 Å². The van der Waals surface area contributed by atoms with Crippen LogP contribution in [0.1, 0.15) is 89.2 Å². The summed E-state index contributed by atoms with van der Waals surface area (Å²) in [4.78, 5) is 122. The molecule has 0 unspecified atom stereocenters. The van der Waals surface area contributed by atoms with E-state index < -0.39 is 71.7 Å². The van der Waals surface area contributed by atoms with Crippen molar-refractivity contribution in [3.63, 3.8) is 0 Å². The fourth-order valence-corrected chi connectivity index (χ4v) is 7.90. The molecule has 2 aliphatic heterocycles. The zero-order chi connectivity index (χ0) is 47.6. The topological polar surface area (TPSA) is 301 Å². The number of aromatic amines is 1. The number of Topliss-reactive ketones (excluding diaryl/α,β-unsaturated/α-hetero) is 2. The molecule has 0 radical (unpaired) electrons. The van der Waals surface area contributed by atoms with Crippen LogP contribution in [-0.2, 0) is 51.2 Å². The average Bonchev–Trinajstić information content (AvgIpc) is 3.95. The Morgan fingerprint density at radius 1 is 0.742 bits per heavy atom. The summed E-state index contributed by atoms with van der Waals surface area (Å²) in [5.41, 5.74) is 13.8. The molecular weight excluding hydrogens is 847 g/mol. The Kier molecular flexibility index (Phi) is 18.7. The van der Waals surface area contributed by atoms with Gasteiger partial charge >= 0.3 is 0 Å². The van der Waals surface area contributed by atoms with E-state index in [2.05, 4.69) is 46.9 Å². The molecule has 19 heteroatoms. The summed E-state index contributed by atoms with van der Waals surface area (Å²) in [5.74, 6) is -5.02. The first-order valence-electron chi connectivity index (χ1n) is 22.3. The minimum absolute atomic E-state index is 0.00590. The van der Waals surface area contributed by atoms with E-state index in [0.717, 1.165) is 10.9 Å². The smallest absolute Gasteiger partial charge is 0.243 e. The Morgan fingerprint density at radius 2 is 1.38 bits per heavy atom. The number of amides is 6. The van der Waals surface area contributed by atoms with E-state index in [1.54, 1.807) is 48.8 Å². The molecule has 6 amide bonds. The summed E-state index contributed by atoms with van der Waals surface area (Å²) in [6.45, 7) is 2.67. The van der Waals surface area contributed by atoms with Crippen LogP contribution in [0.3, 0.4) is 0 Å². The summed E-state index contributed by atoms with van der Waals surface area (Å²) >= 11 is 0. The van der Waals surface area contributed by atoms with Crippen molar-refractivity contribution in [3.8, 4) is 0 Å². The van der Waals surface area contributed by atoms with Crippen LogP contribution >= 0.6 is 0 Å². The lowest BCUT2D eigenvalue weighted by Crippen LogP contribution is -2.60. The number of hydrogen-bond acceptors (Lipinski definition) is 10. The second kappa shape index (κ2) is 24.8. The standard InChI is InChI=1S/C47H61N11O8/c1-28(59)35-18-8-4-7-16-33(61)26-41(53-29(2)60)46(66)58-40(25-32-15-11-21-50-32)45(65)56-38(23-30-13-5-3-6-14-30)43(63)55-37(20-12-22-51-47(48)49)42(62)57-39(44(64)54-35)24-31-27-52-36-19-10-9-17-34(31)36/h3,5-6,9-10,13-15,17,19,21,27,35,37-41,52H,4,7-8,11-12,16,18,20,22-26H2,1-2H3,(H,53,60)(H,54,64)(H,55,63)(H,56,65)(H,57,62)(H,58,66)(H4,48,49,51)/t35-,37-,38+,39-,40-,41-/m0/s1. The molecule has 66 heavy (non-hydrogen) atoms. The van der Waals surface area contributed by atoms with Gasteiger partial charge in [-0.2, -0.15) is 0 Å². The number of nitrogens with two attached hydrogens (primary N) is 2. The number of aromatic nitrogens is 1. The van der Waals surface area contributed by atoms with Gasteiger partial charge in [-0.1, -0.05) is 67.4 Å². The molecule has 1 fully saturated rings. The van der Waals surface area contributed by atoms with Crippen molar-refractivity contribution < 1.29 is 38.4 Å². The van der Waals surface area contributed by atoms with Gasteiger partial charge in [-0.3, -0.25) is 48.3 Å². The number of benzene rings is 2. The summed E-state index contributed by atoms with van der Waals surface area (Å²) in [6.07, 6.45) is 7.11. The largest absolute Gasteiger partial charge is 0.370 e. The highest BCUT2D eigenvalue weighted by atomic mass is 16.2. The minimum atomic E-state index is -1.32. The fourth-order valence-electron chi connectivity index (χ4n) is 7.90. The number of allylic oxidation sites excluding steroid dienone is 1. The Labute approximate surface area is 383 Å². The summed E-state index contributed by atoms with van der Waals surface area (Å²) in [6, 6.07) is 8.94. The van der Waals surface area contributed by atoms with Gasteiger partial charge in [-0.15, -0.1) is 0 Å². The molecule has 5 rings (SSSR count). The highest BCUT2D eigenvalue weighted by molar-refractivity contribution is 5.98. The van der Waals surface area contributed by atoms with Gasteiger partial charge in [0.25, 0.3) is 0 Å². The number of guanidine groups is 1. The quantitative estimate of drug-likeness (QED) is 0.0711. The summed E-state index contributed by atoms with van der Waals surface area (Å²) in [5, 5.41) is 17.3. The van der Waals surface area contributed by atoms with E-state index in [0.29, 0.717) is 42.5 Å². The van der Waals surface area contributed by atoms with Crippen LogP contribution in [0.4, 0.5) is 0 Å². The number of carbonyl (C=O) groups is 8. The van der Waals surface area contributed by atoms with Gasteiger partial charge in [-0.25, -0.2) is 0 Å². The molecule has 1 saturated heterocycles. The molecule has 0 bridgehead atoms. The van der Waals surface area contributed by atoms with Gasteiger partial charge < -0.3 is 48.4 Å². The molecule has 6 atom stereocenters. The Morgan fingerprint density at radius 3 is 2.06 bits per heavy atom. The molecular formula is C47H61N11O8. The lowest BCUT2D eigenvalue weighted by Gasteiger charge is -2.27. The third-order valence-corrected chi connectivity index (χ3v) is 11.4. The van der Waals surface area contributed by atoms with Crippen LogP contribution < -0.4 is 43.4 Å². The van der Waals surface area contributed by atoms with Crippen molar-refractivity contribution in [1.29, 1.82) is 0 Å². The highest BCUT2D eigenvalue weighted by Crippen LogP contribution is 2.20. The first kappa shape index (κ1) is 49.8. The number of carbonyl (C=O) groups excluding carboxylic acids is 8. The zero-order valence-corrected chi connectivity index (χ0v) is 37.4. The third-order valence-electron chi connectivity index (χ3n) is 11.4. The SMILES string of the molecule is CC(=O)N[C@H]1CC(=O)CCCCC[C@@H](C(C)=O)NC(=O)[C@H](Cc2c[nH]c3ccccc23)NC(=O)[C@H](CCCN=C(N)N)NC(=O)[C@@H](Cc2ccccc2)NC(=O)[C@H](CC2=CCC=N2)NC1=O. The molecule has 1 aromatic heterocycles. The number of nitrogens with one attached hydrogen (secondary N) is 7. The van der Waals surface area contributed by atoms with Crippen LogP contribution in [0.25, 0.3) is 10.9 Å². The third kappa shape index (κ3) is 15.5. The van der Waals surface area contributed by atoms with E-state index in [1.807, 2.05) is 24.3 Å². The number of H-pyrrole nitrogens is 1. The number of ketones is 2. The van der Waals surface area contributed by atoms with Crippen LogP contribution in [0.2, 0.25) is 0 Å². The van der Waals surface area contributed by atoms with Crippen LogP contribution in [-0.4, -0.2) is 107 Å². The van der Waals surface area contributed by atoms with Gasteiger partial charge in [0.1, 0.15) is 36.0 Å². The van der Waals surface area contributed by atoms with Gasteiger partial charge in [0, 0.05) is 81.0 Å². The number of hydrogen-bond donors (Lipinski definition) is 9. The van der Waals surface area contributed by atoms with Crippen molar-refractivity contribution in [2.24, 2.45) is 21.5 Å². The van der Waals surface area contributed by atoms with Gasteiger partial charge in [-0.05, 0) is 49.8 Å². The van der Waals surface area contributed by atoms with Gasteiger partial charge in [0.2, 0.25) is 35.4 Å². The normalized spacial score (nSPS) is 23.1. The molecule has 0 aliphatic carbocycles. The summed E-state index contributed by atoms with van der Waals surface area (Å²) in [7, 11) is 0. The number of fused-ring (bicyclic) bond motifs is 1. The van der Waals surface area contributed by atoms with E-state index in [1.165, 1.54) is 13.8 Å². The van der Waals surface area contributed by atoms with Crippen LogP contribution in [0, 0.1) is 0 Å². The van der Waals surface area contributed by atoms with Crippen LogP contribution in [0.15, 0.2) is 82.6 Å². The Hall–Kier alpha value is -7.18. The number of nitrogens with zero attached hydrogens (tertiary/aromatic N) is 2. The lowest BCUT2D eigenvalue weighted by atomic mass is 9.99. The van der Waals surface area contributed by atoms with E-state index in [-0.39, 0.29) is 75.4 Å². The van der Waals surface area contributed by atoms with Crippen molar-refractivity contribution in [3.05, 3.63) is 83.7 Å². The van der Waals surface area contributed by atoms with Crippen molar-refractivity contribution in [2.75, 3.05) is 6.54 Å². The van der Waals surface area contributed by atoms with Crippen molar-refractivity contribution >= 4 is 70.1 Å². The van der Waals surface area contributed by atoms with Crippen molar-refractivity contribution in [2.45, 2.75) is 127 Å². The molecule has 2 aliphatic rings. The summed E-state index contributed by atoms with van der Waals surface area (Å²) < 4.78 is 0. The number of aliphatic imine (C=N–C) groups is 2. The van der Waals surface area contributed by atoms with Crippen LogP contribution in [0.5, 0.6) is 0 Å². The molecule has 3 aromatic rings. The molecule has 0 spiro atoms. The maximum Gasteiger partial charge on any atom is 0.243 e. The molecule has 352 valence electrons. The van der Waals surface area contributed by atoms with Gasteiger partial charge in [0.15, 0.2) is 11.7 Å². The molecule has 3 heterocycles. The van der Waals surface area contributed by atoms with E-state index in [9.17, 15) is 38.4 Å². The number of para-hydroxylation sites is 1. The average molecular weight is 908 g/mol. The predicted octanol–water partition coefficient (Wildman–Crippen LogP) is 1.20. The Balaban J connectivity index is 1.53. The first-order valence-corrected chi connectivity index (χ1v) is 22.3. The Bertz CT molecular complexity index is 2320. The first-order chi connectivity index (χ1) is 31.7.